The van der Waals surface area contributed by atoms with Crippen LogP contribution in [-0.2, 0) is 5.41 Å². The second kappa shape index (κ2) is 12.5. The van der Waals surface area contributed by atoms with Gasteiger partial charge in [0, 0.05) is 43.4 Å². The van der Waals surface area contributed by atoms with Gasteiger partial charge in [-0.25, -0.2) is 0 Å². The van der Waals surface area contributed by atoms with Crippen LogP contribution in [0.4, 0.5) is 0 Å². The lowest BCUT2D eigenvalue weighted by molar-refractivity contribution is 0.129. The second-order valence-electron chi connectivity index (χ2n) is 7.60. The molecular weight excluding hydrogens is 443 g/mol. The molecule has 30 heavy (non-hydrogen) atoms. The lowest BCUT2D eigenvalue weighted by atomic mass is 9.69. The van der Waals surface area contributed by atoms with Crippen molar-refractivity contribution < 1.29 is 5.48 Å². The van der Waals surface area contributed by atoms with Gasteiger partial charge in [0.25, 0.3) is 0 Å². The van der Waals surface area contributed by atoms with Crippen molar-refractivity contribution in [2.24, 2.45) is 5.92 Å². The Balaban J connectivity index is 0.00000280. The van der Waals surface area contributed by atoms with Crippen LogP contribution in [0.25, 0.3) is 0 Å². The van der Waals surface area contributed by atoms with Gasteiger partial charge in [-0.1, -0.05) is 36.7 Å². The molecule has 1 saturated heterocycles. The van der Waals surface area contributed by atoms with E-state index in [1.54, 1.807) is 0 Å². The normalized spacial score (nSPS) is 17.3. The molecule has 1 aliphatic rings. The van der Waals surface area contributed by atoms with E-state index >= 15 is 0 Å². The third kappa shape index (κ3) is 6.07. The Kier molecular flexibility index (Phi) is 11.9. The molecule has 0 bridgehead atoms. The summed E-state index contributed by atoms with van der Waals surface area (Å²) in [6, 6.07) is 16.2. The first-order chi connectivity index (χ1) is 13.0. The fraction of sp³-hybridized carbons (Fsp3) is 0.455. The van der Waals surface area contributed by atoms with Gasteiger partial charge >= 0.3 is 0 Å². The number of nitrogens with zero attached hydrogens (tertiary/aromatic N) is 4. The van der Waals surface area contributed by atoms with Crippen LogP contribution in [0.1, 0.15) is 23.9 Å². The molecule has 1 aliphatic heterocycles. The van der Waals surface area contributed by atoms with E-state index in [1.807, 2.05) is 49.4 Å². The molecule has 0 radical (unpaired) electrons. The van der Waals surface area contributed by atoms with Gasteiger partial charge in [0.1, 0.15) is 5.41 Å². The zero-order valence-electron chi connectivity index (χ0n) is 17.6. The van der Waals surface area contributed by atoms with Crippen LogP contribution in [-0.4, -0.2) is 60.0 Å². The van der Waals surface area contributed by atoms with Crippen LogP contribution in [0, 0.1) is 24.2 Å². The number of hydrogen-bond acceptors (Lipinski definition) is 4. The van der Waals surface area contributed by atoms with E-state index in [0.717, 1.165) is 49.7 Å². The zero-order valence-corrected chi connectivity index (χ0v) is 20.0. The van der Waals surface area contributed by atoms with Gasteiger partial charge in [-0.15, -0.1) is 24.8 Å². The van der Waals surface area contributed by atoms with E-state index in [1.165, 1.54) is 0 Å². The quantitative estimate of drug-likeness (QED) is 0.662. The average Bonchev–Trinajstić information content (AvgIpc) is 2.66. The summed E-state index contributed by atoms with van der Waals surface area (Å²) >= 11 is 6.11. The number of aromatic nitrogens is 1. The Bertz CT molecular complexity index is 820. The van der Waals surface area contributed by atoms with Gasteiger partial charge in [-0.05, 0) is 49.7 Å². The Hall–Kier alpha value is -1.39. The lowest BCUT2D eigenvalue weighted by Gasteiger charge is -2.39. The molecule has 1 fully saturated rings. The second-order valence-corrected chi connectivity index (χ2v) is 8.03. The summed E-state index contributed by atoms with van der Waals surface area (Å²) in [5, 5.41) is 11.1. The molecule has 0 saturated carbocycles. The van der Waals surface area contributed by atoms with Gasteiger partial charge in [0.15, 0.2) is 0 Å². The topological polar surface area (TPSA) is 74.7 Å². The smallest absolute Gasteiger partial charge is 0.128 e. The van der Waals surface area contributed by atoms with Gasteiger partial charge in [0.2, 0.25) is 0 Å². The third-order valence-electron chi connectivity index (χ3n) is 5.64. The van der Waals surface area contributed by atoms with Crippen LogP contribution in [0.2, 0.25) is 5.02 Å². The van der Waals surface area contributed by atoms with E-state index in [0.29, 0.717) is 5.02 Å². The standard InChI is InChI=1S/C22H27ClN4.2ClH.H2O/c1-17(15-27-13-11-26(3)12-14-27)22(16-24,19-7-9-20(23)10-8-19)21-6-4-5-18(2)25-21;;;/h4-10,17H,11-15H2,1-3H3;2*1H;1H2. The summed E-state index contributed by atoms with van der Waals surface area (Å²) in [5.41, 5.74) is 1.89. The first-order valence-corrected chi connectivity index (χ1v) is 9.86. The number of aryl methyl sites for hydroxylation is 1. The number of likely N-dealkylation sites (N-methyl/N-ethyl adjacent to an activating group) is 1. The van der Waals surface area contributed by atoms with Gasteiger partial charge in [-0.2, -0.15) is 5.26 Å². The Morgan fingerprint density at radius 3 is 2.23 bits per heavy atom. The highest BCUT2D eigenvalue weighted by molar-refractivity contribution is 6.30. The maximum atomic E-state index is 10.4. The fourth-order valence-electron chi connectivity index (χ4n) is 3.95. The lowest BCUT2D eigenvalue weighted by Crippen LogP contribution is -2.49. The first kappa shape index (κ1) is 28.6. The van der Waals surface area contributed by atoms with E-state index < -0.39 is 5.41 Å². The summed E-state index contributed by atoms with van der Waals surface area (Å²) in [6.45, 7) is 9.19. The Morgan fingerprint density at radius 1 is 1.10 bits per heavy atom. The summed E-state index contributed by atoms with van der Waals surface area (Å²) in [4.78, 5) is 9.57. The van der Waals surface area contributed by atoms with Gasteiger partial charge < -0.3 is 15.3 Å². The molecule has 2 aromatic rings. The van der Waals surface area contributed by atoms with Crippen molar-refractivity contribution in [3.8, 4) is 6.07 Å². The molecule has 2 unspecified atom stereocenters. The molecule has 3 rings (SSSR count). The number of halogens is 3. The maximum Gasteiger partial charge on any atom is 0.128 e. The first-order valence-electron chi connectivity index (χ1n) is 9.48. The highest BCUT2D eigenvalue weighted by Crippen LogP contribution is 2.39. The van der Waals surface area contributed by atoms with Crippen LogP contribution < -0.4 is 0 Å². The highest BCUT2D eigenvalue weighted by atomic mass is 35.5. The summed E-state index contributed by atoms with van der Waals surface area (Å²) in [6.07, 6.45) is 0. The fourth-order valence-corrected chi connectivity index (χ4v) is 4.07. The number of nitriles is 1. The Labute approximate surface area is 197 Å². The van der Waals surface area contributed by atoms with Crippen molar-refractivity contribution in [2.45, 2.75) is 19.3 Å². The largest absolute Gasteiger partial charge is 0.412 e. The van der Waals surface area contributed by atoms with Crippen LogP contribution in [0.3, 0.4) is 0 Å². The number of piperazine rings is 1. The van der Waals surface area contributed by atoms with Crippen LogP contribution in [0.5, 0.6) is 0 Å². The maximum absolute atomic E-state index is 10.4. The summed E-state index contributed by atoms with van der Waals surface area (Å²) in [5.74, 6) is 0.0846. The molecule has 2 atom stereocenters. The molecule has 1 aromatic heterocycles. The molecule has 0 spiro atoms. The molecule has 166 valence electrons. The molecule has 2 heterocycles. The van der Waals surface area contributed by atoms with Crippen molar-refractivity contribution in [3.05, 3.63) is 64.4 Å². The third-order valence-corrected chi connectivity index (χ3v) is 5.89. The number of benzene rings is 1. The van der Waals surface area contributed by atoms with Gasteiger partial charge in [0.05, 0.1) is 11.8 Å². The van der Waals surface area contributed by atoms with Crippen LogP contribution in [0.15, 0.2) is 42.5 Å². The minimum atomic E-state index is -0.806. The molecule has 1 aromatic carbocycles. The van der Waals surface area contributed by atoms with E-state index in [-0.39, 0.29) is 36.2 Å². The predicted molar refractivity (Wildman–Crippen MR) is 128 cm³/mol. The van der Waals surface area contributed by atoms with Crippen molar-refractivity contribution in [3.63, 3.8) is 0 Å². The molecule has 8 heteroatoms. The summed E-state index contributed by atoms with van der Waals surface area (Å²) < 4.78 is 0. The predicted octanol–water partition coefficient (Wildman–Crippen LogP) is 3.76. The molecule has 5 nitrogen and oxygen atoms in total. The Morgan fingerprint density at radius 2 is 1.70 bits per heavy atom. The number of rotatable bonds is 5. The molecule has 0 aliphatic carbocycles. The molecule has 0 amide bonds. The van der Waals surface area contributed by atoms with Crippen molar-refractivity contribution in [2.75, 3.05) is 39.8 Å². The van der Waals surface area contributed by atoms with Crippen molar-refractivity contribution in [1.29, 1.82) is 5.26 Å². The molecule has 2 N–H and O–H groups in total. The van der Waals surface area contributed by atoms with E-state index in [2.05, 4.69) is 29.8 Å². The SMILES string of the molecule is Cc1cccc(C(C#N)(c2ccc(Cl)cc2)C(C)CN2CCN(C)CC2)n1.Cl.Cl.O. The monoisotopic (exact) mass is 472 g/mol. The average molecular weight is 474 g/mol. The van der Waals surface area contributed by atoms with Gasteiger partial charge in [-0.3, -0.25) is 4.98 Å². The zero-order chi connectivity index (χ0) is 19.4. The molecular formula is C22H31Cl3N4O. The van der Waals surface area contributed by atoms with Crippen LogP contribution >= 0.6 is 36.4 Å². The number of hydrogen-bond donors (Lipinski definition) is 0. The summed E-state index contributed by atoms with van der Waals surface area (Å²) in [7, 11) is 2.16. The minimum Gasteiger partial charge on any atom is -0.412 e. The van der Waals surface area contributed by atoms with Crippen molar-refractivity contribution in [1.82, 2.24) is 14.8 Å². The number of pyridine rings is 1. The minimum absolute atomic E-state index is 0. The van der Waals surface area contributed by atoms with Crippen molar-refractivity contribution >= 4 is 36.4 Å². The highest BCUT2D eigenvalue weighted by Gasteiger charge is 2.42. The van der Waals surface area contributed by atoms with E-state index in [4.69, 9.17) is 16.6 Å². The van der Waals surface area contributed by atoms with E-state index in [9.17, 15) is 5.26 Å².